The third kappa shape index (κ3) is 5.13. The Morgan fingerprint density at radius 2 is 1.61 bits per heavy atom. The highest BCUT2D eigenvalue weighted by molar-refractivity contribution is 6.30. The highest BCUT2D eigenvalue weighted by Gasteiger charge is 2.13. The molecule has 4 rings (SSSR count). The minimum absolute atomic E-state index is 0.00834. The number of nitrogens with one attached hydrogen (secondary N) is 1. The van der Waals surface area contributed by atoms with E-state index in [2.05, 4.69) is 5.32 Å². The highest BCUT2D eigenvalue weighted by atomic mass is 35.5. The molecular weight excluding hydrogens is 412 g/mol. The number of carbonyl (C=O) groups excluding carboxylic acids is 2. The van der Waals surface area contributed by atoms with Gasteiger partial charge in [-0.3, -0.25) is 9.59 Å². The second kappa shape index (κ2) is 9.06. The molecule has 31 heavy (non-hydrogen) atoms. The van der Waals surface area contributed by atoms with E-state index in [-0.39, 0.29) is 24.0 Å². The normalized spacial score (nSPS) is 10.8. The Kier molecular flexibility index (Phi) is 6.05. The summed E-state index contributed by atoms with van der Waals surface area (Å²) in [5.74, 6) is -0.0546. The summed E-state index contributed by atoms with van der Waals surface area (Å²) in [6.45, 7) is 0.516. The average molecular weight is 433 g/mol. The van der Waals surface area contributed by atoms with Gasteiger partial charge in [-0.05, 0) is 47.5 Å². The minimum atomic E-state index is -0.317. The largest absolute Gasteiger partial charge is 0.451 e. The summed E-state index contributed by atoms with van der Waals surface area (Å²) in [6, 6.07) is 23.9. The highest BCUT2D eigenvalue weighted by Crippen LogP contribution is 2.20. The summed E-state index contributed by atoms with van der Waals surface area (Å²) in [5.41, 5.74) is 3.19. The quantitative estimate of drug-likeness (QED) is 0.435. The lowest BCUT2D eigenvalue weighted by Crippen LogP contribution is -2.27. The number of hydrogen-bond donors (Lipinski definition) is 1. The zero-order valence-corrected chi connectivity index (χ0v) is 17.7. The van der Waals surface area contributed by atoms with Crippen molar-refractivity contribution in [2.75, 3.05) is 12.4 Å². The van der Waals surface area contributed by atoms with Gasteiger partial charge < -0.3 is 14.6 Å². The smallest absolute Gasteiger partial charge is 0.291 e. The SMILES string of the molecule is CN(Cc1ccc(Cl)cc1)C(=O)Cc1ccc(NC(=O)c2cc3ccccc3o2)cc1. The molecule has 1 aromatic heterocycles. The molecule has 3 aromatic carbocycles. The molecule has 156 valence electrons. The van der Waals surface area contributed by atoms with Crippen LogP contribution in [0.3, 0.4) is 0 Å². The van der Waals surface area contributed by atoms with Crippen LogP contribution in [0.15, 0.2) is 83.3 Å². The van der Waals surface area contributed by atoms with E-state index in [1.807, 2.05) is 60.7 Å². The first kappa shape index (κ1) is 20.7. The molecule has 1 N–H and O–H groups in total. The molecule has 0 saturated carbocycles. The van der Waals surface area contributed by atoms with Crippen LogP contribution in [-0.4, -0.2) is 23.8 Å². The second-order valence-corrected chi connectivity index (χ2v) is 7.79. The van der Waals surface area contributed by atoms with E-state index < -0.39 is 0 Å². The van der Waals surface area contributed by atoms with Gasteiger partial charge in [0.25, 0.3) is 5.91 Å². The molecule has 0 aliphatic carbocycles. The van der Waals surface area contributed by atoms with E-state index in [0.29, 0.717) is 22.8 Å². The summed E-state index contributed by atoms with van der Waals surface area (Å²) in [7, 11) is 1.78. The molecule has 1 heterocycles. The van der Waals surface area contributed by atoms with Crippen molar-refractivity contribution in [1.82, 2.24) is 4.90 Å². The van der Waals surface area contributed by atoms with Crippen LogP contribution in [0.5, 0.6) is 0 Å². The van der Waals surface area contributed by atoms with Crippen LogP contribution >= 0.6 is 11.6 Å². The number of anilines is 1. The Morgan fingerprint density at radius 3 is 2.32 bits per heavy atom. The van der Waals surface area contributed by atoms with Gasteiger partial charge in [0.05, 0.1) is 6.42 Å². The van der Waals surface area contributed by atoms with Crippen LogP contribution in [0.25, 0.3) is 11.0 Å². The molecule has 4 aromatic rings. The lowest BCUT2D eigenvalue weighted by Gasteiger charge is -2.17. The van der Waals surface area contributed by atoms with Gasteiger partial charge in [-0.25, -0.2) is 0 Å². The summed E-state index contributed by atoms with van der Waals surface area (Å²) < 4.78 is 5.59. The Balaban J connectivity index is 1.34. The van der Waals surface area contributed by atoms with Gasteiger partial charge in [0, 0.05) is 29.7 Å². The third-order valence-corrected chi connectivity index (χ3v) is 5.23. The number of hydrogen-bond acceptors (Lipinski definition) is 3. The molecule has 0 aliphatic heterocycles. The Labute approximate surface area is 185 Å². The van der Waals surface area contributed by atoms with E-state index in [4.69, 9.17) is 16.0 Å². The third-order valence-electron chi connectivity index (χ3n) is 4.98. The number of fused-ring (bicyclic) bond motifs is 1. The Bertz CT molecular complexity index is 1180. The van der Waals surface area contributed by atoms with Crippen molar-refractivity contribution >= 4 is 40.1 Å². The molecule has 0 fully saturated rings. The van der Waals surface area contributed by atoms with Crippen molar-refractivity contribution in [2.45, 2.75) is 13.0 Å². The predicted molar refractivity (Wildman–Crippen MR) is 122 cm³/mol. The van der Waals surface area contributed by atoms with E-state index in [9.17, 15) is 9.59 Å². The second-order valence-electron chi connectivity index (χ2n) is 7.35. The maximum atomic E-state index is 12.5. The maximum absolute atomic E-state index is 12.5. The lowest BCUT2D eigenvalue weighted by molar-refractivity contribution is -0.129. The van der Waals surface area contributed by atoms with Crippen molar-refractivity contribution in [3.63, 3.8) is 0 Å². The molecule has 0 aliphatic rings. The molecule has 2 amide bonds. The average Bonchev–Trinajstić information content (AvgIpc) is 3.21. The predicted octanol–water partition coefficient (Wildman–Crippen LogP) is 5.54. The van der Waals surface area contributed by atoms with Gasteiger partial charge in [0.2, 0.25) is 5.91 Å². The van der Waals surface area contributed by atoms with Gasteiger partial charge in [-0.2, -0.15) is 0 Å². The number of para-hydroxylation sites is 1. The van der Waals surface area contributed by atoms with E-state index >= 15 is 0 Å². The number of rotatable bonds is 6. The fraction of sp³-hybridized carbons (Fsp3) is 0.120. The van der Waals surface area contributed by atoms with Gasteiger partial charge in [0.15, 0.2) is 5.76 Å². The summed E-state index contributed by atoms with van der Waals surface area (Å²) >= 11 is 5.90. The topological polar surface area (TPSA) is 62.6 Å². The monoisotopic (exact) mass is 432 g/mol. The first-order valence-corrected chi connectivity index (χ1v) is 10.2. The molecule has 0 spiro atoms. The van der Waals surface area contributed by atoms with Gasteiger partial charge in [-0.15, -0.1) is 0 Å². The number of amides is 2. The summed E-state index contributed by atoms with van der Waals surface area (Å²) in [5, 5.41) is 4.37. The van der Waals surface area contributed by atoms with Crippen LogP contribution in [0.2, 0.25) is 5.02 Å². The fourth-order valence-corrected chi connectivity index (χ4v) is 3.38. The molecule has 0 atom stereocenters. The van der Waals surface area contributed by atoms with Gasteiger partial charge in [0.1, 0.15) is 5.58 Å². The van der Waals surface area contributed by atoms with E-state index in [0.717, 1.165) is 16.5 Å². The van der Waals surface area contributed by atoms with Gasteiger partial charge in [-0.1, -0.05) is 54.1 Å². The lowest BCUT2D eigenvalue weighted by atomic mass is 10.1. The molecule has 0 radical (unpaired) electrons. The Hall–Kier alpha value is -3.57. The number of carbonyl (C=O) groups is 2. The van der Waals surface area contributed by atoms with Gasteiger partial charge >= 0.3 is 0 Å². The molecule has 5 nitrogen and oxygen atoms in total. The van der Waals surface area contributed by atoms with E-state index in [1.54, 1.807) is 30.1 Å². The van der Waals surface area contributed by atoms with Crippen LogP contribution in [0.1, 0.15) is 21.7 Å². The van der Waals surface area contributed by atoms with Crippen molar-refractivity contribution in [3.8, 4) is 0 Å². The first-order valence-electron chi connectivity index (χ1n) is 9.85. The van der Waals surface area contributed by atoms with Crippen molar-refractivity contribution in [1.29, 1.82) is 0 Å². The van der Waals surface area contributed by atoms with Crippen LogP contribution in [0, 0.1) is 0 Å². The van der Waals surface area contributed by atoms with E-state index in [1.165, 1.54) is 0 Å². The zero-order chi connectivity index (χ0) is 21.8. The molecule has 6 heteroatoms. The van der Waals surface area contributed by atoms with Crippen molar-refractivity contribution < 1.29 is 14.0 Å². The molecule has 0 saturated heterocycles. The number of nitrogens with zero attached hydrogens (tertiary/aromatic N) is 1. The van der Waals surface area contributed by atoms with Crippen molar-refractivity contribution in [2.24, 2.45) is 0 Å². The number of benzene rings is 3. The minimum Gasteiger partial charge on any atom is -0.451 e. The standard InChI is InChI=1S/C25H21ClN2O3/c1-28(16-18-6-10-20(26)11-7-18)24(29)14-17-8-12-21(13-9-17)27-25(30)23-15-19-4-2-3-5-22(19)31-23/h2-13,15H,14,16H2,1H3,(H,27,30). The summed E-state index contributed by atoms with van der Waals surface area (Å²) in [4.78, 5) is 26.7. The van der Waals surface area contributed by atoms with Crippen molar-refractivity contribution in [3.05, 3.63) is 101 Å². The van der Waals surface area contributed by atoms with Crippen LogP contribution in [-0.2, 0) is 17.8 Å². The maximum Gasteiger partial charge on any atom is 0.291 e. The molecule has 0 bridgehead atoms. The van der Waals surface area contributed by atoms with Crippen LogP contribution in [0.4, 0.5) is 5.69 Å². The number of likely N-dealkylation sites (N-methyl/N-ethyl adjacent to an activating group) is 1. The molecular formula is C25H21ClN2O3. The zero-order valence-electron chi connectivity index (χ0n) is 17.0. The number of halogens is 1. The summed E-state index contributed by atoms with van der Waals surface area (Å²) in [6.07, 6.45) is 0.280. The number of furan rings is 1. The Morgan fingerprint density at radius 1 is 0.935 bits per heavy atom. The first-order chi connectivity index (χ1) is 15.0. The fourth-order valence-electron chi connectivity index (χ4n) is 3.25. The molecule has 0 unspecified atom stereocenters. The van der Waals surface area contributed by atoms with Crippen LogP contribution < -0.4 is 5.32 Å².